The highest BCUT2D eigenvalue weighted by Gasteiger charge is 2.49. The first-order chi connectivity index (χ1) is 34.6. The van der Waals surface area contributed by atoms with Gasteiger partial charge in [-0.05, 0) is 26.6 Å². The van der Waals surface area contributed by atoms with E-state index in [-0.39, 0.29) is 0 Å². The van der Waals surface area contributed by atoms with E-state index in [1.807, 2.05) is 0 Å². The number of nitrogens with zero attached hydrogens (tertiary/aromatic N) is 1. The van der Waals surface area contributed by atoms with Crippen LogP contribution in [0.4, 0.5) is 132 Å². The second-order valence-corrected chi connectivity index (χ2v) is 19.7. The molecule has 0 saturated carbocycles. The molecule has 1 aromatic heterocycles. The molecule has 1 heterocycles. The Morgan fingerprint density at radius 1 is 0.227 bits per heavy atom. The molecule has 0 aliphatic carbocycles. The third-order valence-corrected chi connectivity index (χ3v) is 16.9. The van der Waals surface area contributed by atoms with Crippen LogP contribution in [0.2, 0.25) is 10.3 Å². The highest BCUT2D eigenvalue weighted by atomic mass is 35.5. The minimum Gasteiger partial charge on any atom is -0.334 e. The van der Waals surface area contributed by atoms with E-state index in [0.717, 1.165) is 0 Å². The second kappa shape index (κ2) is 22.3. The molecule has 6 aromatic carbocycles. The lowest BCUT2D eigenvalue weighted by Gasteiger charge is -2.20. The van der Waals surface area contributed by atoms with Crippen molar-refractivity contribution >= 4 is 78.1 Å². The van der Waals surface area contributed by atoms with Crippen LogP contribution in [0.3, 0.4) is 0 Å². The number of aromatic amines is 1. The number of H-pyrrole nitrogens is 1. The zero-order valence-electron chi connectivity index (χ0n) is 33.8. The molecular weight excluding hydrogens is 1190 g/mol. The standard InChI is InChI=1S/6C6F5.C3H2Cl2N2.2Al/c6*7-2-1-3(8)5(10)6(11)4(2)9;4-2-3(5)7-1-6-2;;/h;;;;;;1H,(H,6,7);;. The van der Waals surface area contributed by atoms with Crippen LogP contribution in [0.1, 0.15) is 0 Å². The van der Waals surface area contributed by atoms with Gasteiger partial charge in [-0.25, -0.2) is 137 Å². The highest BCUT2D eigenvalue weighted by Crippen LogP contribution is 2.27. The van der Waals surface area contributed by atoms with Crippen LogP contribution in [-0.4, -0.2) is 38.3 Å². The van der Waals surface area contributed by atoms with Gasteiger partial charge < -0.3 is 4.98 Å². The Kier molecular flexibility index (Phi) is 17.9. The summed E-state index contributed by atoms with van der Waals surface area (Å²) in [7, 11) is 0. The number of halogens is 32. The topological polar surface area (TPSA) is 28.7 Å². The van der Waals surface area contributed by atoms with Crippen LogP contribution < -0.4 is 26.6 Å². The predicted octanol–water partition coefficient (Wildman–Crippen LogP) is 10.3. The van der Waals surface area contributed by atoms with Crippen molar-refractivity contribution in [2.75, 3.05) is 0 Å². The summed E-state index contributed by atoms with van der Waals surface area (Å²) in [6, 6.07) is 0. The van der Waals surface area contributed by atoms with Crippen LogP contribution in [0, 0.1) is 175 Å². The van der Waals surface area contributed by atoms with Crippen LogP contribution in [0.15, 0.2) is 6.33 Å². The zero-order chi connectivity index (χ0) is 57.2. The first-order valence-corrected chi connectivity index (χ1v) is 22.3. The maximum absolute atomic E-state index is 14.4. The Bertz CT molecular complexity index is 2790. The summed E-state index contributed by atoms with van der Waals surface area (Å²) in [6.45, 7) is 0. The van der Waals surface area contributed by atoms with Crippen LogP contribution in [0.25, 0.3) is 0 Å². The van der Waals surface area contributed by atoms with E-state index >= 15 is 0 Å². The molecule has 0 atom stereocenters. The molecule has 0 radical (unpaired) electrons. The van der Waals surface area contributed by atoms with Crippen LogP contribution >= 0.6 is 23.2 Å². The summed E-state index contributed by atoms with van der Waals surface area (Å²) in [5.74, 6) is -89.2. The lowest BCUT2D eigenvalue weighted by molar-refractivity contribution is 0.380. The van der Waals surface area contributed by atoms with Crippen molar-refractivity contribution < 1.29 is 132 Å². The monoisotopic (exact) mass is 1190 g/mol. The maximum atomic E-state index is 14.4. The van der Waals surface area contributed by atoms with Gasteiger partial charge in [-0.3, -0.25) is 0 Å². The van der Waals surface area contributed by atoms with Gasteiger partial charge in [-0.2, -0.15) is 0 Å². The first kappa shape index (κ1) is 59.9. The molecule has 0 unspecified atom stereocenters. The van der Waals surface area contributed by atoms with Crippen LogP contribution in [-0.2, 0) is 0 Å². The third-order valence-electron chi connectivity index (χ3n) is 9.74. The molecule has 0 fully saturated rings. The number of benzene rings is 6. The molecule has 1 N–H and O–H groups in total. The van der Waals surface area contributed by atoms with E-state index in [0.29, 0.717) is 10.3 Å². The number of rotatable bonds is 6. The van der Waals surface area contributed by atoms with Crippen molar-refractivity contribution in [2.45, 2.75) is 0 Å². The number of aromatic nitrogens is 2. The molecule has 36 heteroatoms. The van der Waals surface area contributed by atoms with Crippen molar-refractivity contribution in [3.8, 4) is 0 Å². The summed E-state index contributed by atoms with van der Waals surface area (Å²) >= 11 is -1.21. The normalized spacial score (nSPS) is 11.2. The van der Waals surface area contributed by atoms with Gasteiger partial charge in [0.15, 0.2) is 180 Å². The van der Waals surface area contributed by atoms with E-state index in [1.165, 1.54) is 6.33 Å². The summed E-state index contributed by atoms with van der Waals surface area (Å²) in [6.07, 6.45) is 1.44. The summed E-state index contributed by atoms with van der Waals surface area (Å²) in [4.78, 5) is 6.18. The number of hydrogen-bond donors (Lipinski definition) is 1. The lowest BCUT2D eigenvalue weighted by atomic mass is 10.3. The maximum Gasteiger partial charge on any atom is 0.413 e. The Hall–Kier alpha value is -5.93. The average Bonchev–Trinajstić information content (AvgIpc) is 3.76. The van der Waals surface area contributed by atoms with E-state index in [2.05, 4.69) is 9.97 Å². The molecule has 0 saturated heterocycles. The molecule has 398 valence electrons. The SMILES string of the molecule is Clc1nc[nH]c1Cl.Fc1c(F)c(F)[c]([Al]([c]2c(F)c(F)c(F)c(F)c2F)[c]2c(F)c(F)c(F)c(F)c2F)c(F)c1F.Fc1c(F)c(F)[c]([Al]([c]2c(F)c(F)c(F)c(F)c2F)[c]2c(F)c(F)c(F)c(F)c2F)c(F)c1F. The second-order valence-electron chi connectivity index (χ2n) is 13.8. The molecule has 7 aromatic rings. The molecule has 0 bridgehead atoms. The lowest BCUT2D eigenvalue weighted by Crippen LogP contribution is -2.60. The van der Waals surface area contributed by atoms with E-state index < -0.39 is 229 Å². The molecule has 75 heavy (non-hydrogen) atoms. The number of imidazole rings is 1. The first-order valence-electron chi connectivity index (χ1n) is 18.0. The summed E-state index contributed by atoms with van der Waals surface area (Å²) in [5, 5.41) is 0.711. The minimum absolute atomic E-state index is 0.321. The molecule has 2 nitrogen and oxygen atoms in total. The third kappa shape index (κ3) is 10.0. The Morgan fingerprint density at radius 2 is 0.347 bits per heavy atom. The fourth-order valence-corrected chi connectivity index (χ4v) is 12.9. The van der Waals surface area contributed by atoms with Crippen molar-refractivity contribution in [3.63, 3.8) is 0 Å². The van der Waals surface area contributed by atoms with Gasteiger partial charge in [-0.15, -0.1) is 0 Å². The number of hydrogen-bond acceptors (Lipinski definition) is 1. The van der Waals surface area contributed by atoms with Gasteiger partial charge in [-0.1, -0.05) is 23.2 Å². The predicted molar refractivity (Wildman–Crippen MR) is 195 cm³/mol. The molecule has 0 aliphatic heterocycles. The summed E-state index contributed by atoms with van der Waals surface area (Å²) in [5.41, 5.74) is 0. The zero-order valence-corrected chi connectivity index (χ0v) is 37.6. The van der Waals surface area contributed by atoms with E-state index in [1.54, 1.807) is 0 Å². The fourth-order valence-electron chi connectivity index (χ4n) is 6.38. The van der Waals surface area contributed by atoms with Gasteiger partial charge in [0, 0.05) is 0 Å². The Balaban J connectivity index is 0.000000245. The Labute approximate surface area is 409 Å². The fraction of sp³-hybridized carbons (Fsp3) is 0. The largest absolute Gasteiger partial charge is 0.413 e. The van der Waals surface area contributed by atoms with Crippen molar-refractivity contribution in [1.82, 2.24) is 9.97 Å². The molecule has 0 aliphatic rings. The van der Waals surface area contributed by atoms with E-state index in [9.17, 15) is 132 Å². The molecular formula is C39H2Al2Cl2F30N2. The smallest absolute Gasteiger partial charge is 0.334 e. The van der Waals surface area contributed by atoms with Gasteiger partial charge in [0.2, 0.25) is 0 Å². The van der Waals surface area contributed by atoms with Gasteiger partial charge in [0.05, 0.1) is 6.33 Å². The summed E-state index contributed by atoms with van der Waals surface area (Å²) < 4.78 is 403. The minimum atomic E-state index is -5.96. The molecule has 0 spiro atoms. The Morgan fingerprint density at radius 3 is 0.427 bits per heavy atom. The molecule has 7 rings (SSSR count). The van der Waals surface area contributed by atoms with Gasteiger partial charge in [0.1, 0.15) is 5.15 Å². The average molecular weight is 1190 g/mol. The van der Waals surface area contributed by atoms with Crippen LogP contribution in [0.5, 0.6) is 0 Å². The highest BCUT2D eigenvalue weighted by molar-refractivity contribution is 6.96. The van der Waals surface area contributed by atoms with Gasteiger partial charge >= 0.3 is 28.3 Å². The van der Waals surface area contributed by atoms with Crippen molar-refractivity contribution in [2.24, 2.45) is 0 Å². The molecule has 0 amide bonds. The van der Waals surface area contributed by atoms with E-state index in [4.69, 9.17) is 23.2 Å². The number of nitrogens with one attached hydrogen (secondary N) is 1. The van der Waals surface area contributed by atoms with Gasteiger partial charge in [0.25, 0.3) is 0 Å². The van der Waals surface area contributed by atoms with Crippen molar-refractivity contribution in [3.05, 3.63) is 191 Å². The quantitative estimate of drug-likeness (QED) is 0.0765. The van der Waals surface area contributed by atoms with Crippen molar-refractivity contribution in [1.29, 1.82) is 0 Å².